The van der Waals surface area contributed by atoms with Gasteiger partial charge in [-0.3, -0.25) is 0 Å². The van der Waals surface area contributed by atoms with E-state index in [4.69, 9.17) is 9.94 Å². The Kier molecular flexibility index (Phi) is 6.51. The summed E-state index contributed by atoms with van der Waals surface area (Å²) >= 11 is 0. The fraction of sp³-hybridized carbons (Fsp3) is 1.00. The number of hydroxylamine groups is 1. The van der Waals surface area contributed by atoms with Crippen molar-refractivity contribution >= 4 is 0 Å². The summed E-state index contributed by atoms with van der Waals surface area (Å²) in [5.41, 5.74) is 2.79. The highest BCUT2D eigenvalue weighted by atomic mass is 16.6. The van der Waals surface area contributed by atoms with E-state index in [0.717, 1.165) is 13.0 Å². The van der Waals surface area contributed by atoms with Gasteiger partial charge in [-0.1, -0.05) is 13.8 Å². The minimum absolute atomic E-state index is 0.245. The maximum absolute atomic E-state index is 8.87. The number of hydrogen-bond acceptors (Lipinski definition) is 3. The van der Waals surface area contributed by atoms with Crippen LogP contribution in [0.25, 0.3) is 0 Å². The molecule has 0 amide bonds. The van der Waals surface area contributed by atoms with Gasteiger partial charge >= 0.3 is 0 Å². The number of aliphatic hydroxyl groups excluding tert-OH is 1. The average molecular weight is 161 g/mol. The Morgan fingerprint density at radius 3 is 2.45 bits per heavy atom. The fourth-order valence-electron chi connectivity index (χ4n) is 0.566. The molecule has 1 atom stereocenters. The van der Waals surface area contributed by atoms with Crippen molar-refractivity contribution in [3.05, 3.63) is 0 Å². The molecule has 3 heteroatoms. The maximum atomic E-state index is 8.87. The molecule has 0 rings (SSSR count). The maximum Gasteiger partial charge on any atom is 0.0705 e. The SMILES string of the molecule is CC(C)CONCCC(C)O. The molecule has 0 saturated heterocycles. The van der Waals surface area contributed by atoms with Gasteiger partial charge in [0.25, 0.3) is 0 Å². The van der Waals surface area contributed by atoms with E-state index in [1.165, 1.54) is 0 Å². The minimum Gasteiger partial charge on any atom is -0.393 e. The first-order chi connectivity index (χ1) is 5.13. The highest BCUT2D eigenvalue weighted by molar-refractivity contribution is 4.46. The van der Waals surface area contributed by atoms with Crippen molar-refractivity contribution in [2.45, 2.75) is 33.3 Å². The molecule has 0 heterocycles. The fourth-order valence-corrected chi connectivity index (χ4v) is 0.566. The van der Waals surface area contributed by atoms with Crippen molar-refractivity contribution in [1.82, 2.24) is 5.48 Å². The van der Waals surface area contributed by atoms with Gasteiger partial charge in [0.1, 0.15) is 0 Å². The molecule has 0 aliphatic heterocycles. The summed E-state index contributed by atoms with van der Waals surface area (Å²) in [6.45, 7) is 7.39. The molecule has 0 fully saturated rings. The Hall–Kier alpha value is -0.120. The molecule has 0 radical (unpaired) electrons. The molecule has 0 aliphatic carbocycles. The molecule has 0 bridgehead atoms. The van der Waals surface area contributed by atoms with Crippen LogP contribution in [-0.4, -0.2) is 24.4 Å². The van der Waals surface area contributed by atoms with Crippen LogP contribution in [-0.2, 0) is 4.84 Å². The molecule has 0 aromatic rings. The highest BCUT2D eigenvalue weighted by Crippen LogP contribution is 1.90. The summed E-state index contributed by atoms with van der Waals surface area (Å²) in [7, 11) is 0. The van der Waals surface area contributed by atoms with Crippen LogP contribution in [0.5, 0.6) is 0 Å². The summed E-state index contributed by atoms with van der Waals surface area (Å²) in [4.78, 5) is 5.08. The summed E-state index contributed by atoms with van der Waals surface area (Å²) < 4.78 is 0. The predicted molar refractivity (Wildman–Crippen MR) is 45.1 cm³/mol. The molecule has 3 nitrogen and oxygen atoms in total. The first-order valence-electron chi connectivity index (χ1n) is 4.15. The van der Waals surface area contributed by atoms with Crippen LogP contribution in [0.2, 0.25) is 0 Å². The Bertz CT molecular complexity index is 74.2. The third-order valence-electron chi connectivity index (χ3n) is 1.18. The molecule has 2 N–H and O–H groups in total. The topological polar surface area (TPSA) is 41.5 Å². The number of nitrogens with one attached hydrogen (secondary N) is 1. The van der Waals surface area contributed by atoms with Gasteiger partial charge < -0.3 is 9.94 Å². The third kappa shape index (κ3) is 9.88. The van der Waals surface area contributed by atoms with Gasteiger partial charge in [0.05, 0.1) is 12.7 Å². The second-order valence-electron chi connectivity index (χ2n) is 3.24. The largest absolute Gasteiger partial charge is 0.393 e. The second kappa shape index (κ2) is 6.58. The van der Waals surface area contributed by atoms with Crippen molar-refractivity contribution in [3.8, 4) is 0 Å². The Labute approximate surface area is 68.7 Å². The monoisotopic (exact) mass is 161 g/mol. The van der Waals surface area contributed by atoms with Crippen LogP contribution < -0.4 is 5.48 Å². The van der Waals surface area contributed by atoms with E-state index >= 15 is 0 Å². The lowest BCUT2D eigenvalue weighted by Gasteiger charge is -2.08. The standard InChI is InChI=1S/C8H19NO2/c1-7(2)6-11-9-5-4-8(3)10/h7-10H,4-6H2,1-3H3. The Morgan fingerprint density at radius 2 is 2.00 bits per heavy atom. The average Bonchev–Trinajstić information content (AvgIpc) is 1.85. The molecule has 0 aromatic carbocycles. The lowest BCUT2D eigenvalue weighted by molar-refractivity contribution is 0.0173. The van der Waals surface area contributed by atoms with E-state index in [1.54, 1.807) is 6.92 Å². The molecule has 0 aromatic heterocycles. The number of rotatable bonds is 6. The lowest BCUT2D eigenvalue weighted by atomic mass is 10.2. The van der Waals surface area contributed by atoms with Gasteiger partial charge in [0.15, 0.2) is 0 Å². The quantitative estimate of drug-likeness (QED) is 0.450. The smallest absolute Gasteiger partial charge is 0.0705 e. The minimum atomic E-state index is -0.245. The summed E-state index contributed by atoms with van der Waals surface area (Å²) in [6, 6.07) is 0. The van der Waals surface area contributed by atoms with Crippen molar-refractivity contribution in [3.63, 3.8) is 0 Å². The Balaban J connectivity index is 2.91. The Morgan fingerprint density at radius 1 is 1.36 bits per heavy atom. The normalized spacial score (nSPS) is 13.9. The van der Waals surface area contributed by atoms with Crippen LogP contribution in [0.1, 0.15) is 27.2 Å². The van der Waals surface area contributed by atoms with E-state index in [2.05, 4.69) is 19.3 Å². The molecule has 0 aliphatic rings. The molecule has 1 unspecified atom stereocenters. The summed E-state index contributed by atoms with van der Waals surface area (Å²) in [5, 5.41) is 8.87. The zero-order valence-corrected chi connectivity index (χ0v) is 7.63. The van der Waals surface area contributed by atoms with Gasteiger partial charge in [0, 0.05) is 6.54 Å². The summed E-state index contributed by atoms with van der Waals surface area (Å²) in [6.07, 6.45) is 0.489. The van der Waals surface area contributed by atoms with E-state index in [9.17, 15) is 0 Å². The first kappa shape index (κ1) is 10.9. The zero-order valence-electron chi connectivity index (χ0n) is 7.63. The van der Waals surface area contributed by atoms with Crippen LogP contribution in [0.4, 0.5) is 0 Å². The number of aliphatic hydroxyl groups is 1. The first-order valence-corrected chi connectivity index (χ1v) is 4.15. The second-order valence-corrected chi connectivity index (χ2v) is 3.24. The van der Waals surface area contributed by atoms with E-state index in [1.807, 2.05) is 0 Å². The summed E-state index contributed by atoms with van der Waals surface area (Å²) in [5.74, 6) is 0.550. The predicted octanol–water partition coefficient (Wildman–Crippen LogP) is 0.934. The molecule has 0 saturated carbocycles. The van der Waals surface area contributed by atoms with Crippen molar-refractivity contribution in [1.29, 1.82) is 0 Å². The van der Waals surface area contributed by atoms with Crippen LogP contribution in [0, 0.1) is 5.92 Å². The molecular weight excluding hydrogens is 142 g/mol. The molecular formula is C8H19NO2. The van der Waals surface area contributed by atoms with E-state index in [0.29, 0.717) is 12.5 Å². The molecule has 68 valence electrons. The molecule has 0 spiro atoms. The lowest BCUT2D eigenvalue weighted by Crippen LogP contribution is -2.21. The molecule has 11 heavy (non-hydrogen) atoms. The van der Waals surface area contributed by atoms with Crippen molar-refractivity contribution < 1.29 is 9.94 Å². The van der Waals surface area contributed by atoms with Crippen LogP contribution in [0.15, 0.2) is 0 Å². The van der Waals surface area contributed by atoms with Gasteiger partial charge in [-0.05, 0) is 19.3 Å². The highest BCUT2D eigenvalue weighted by Gasteiger charge is 1.95. The van der Waals surface area contributed by atoms with E-state index < -0.39 is 0 Å². The van der Waals surface area contributed by atoms with Crippen molar-refractivity contribution in [2.24, 2.45) is 5.92 Å². The van der Waals surface area contributed by atoms with Gasteiger partial charge in [-0.25, -0.2) is 5.48 Å². The van der Waals surface area contributed by atoms with Crippen LogP contribution >= 0.6 is 0 Å². The zero-order chi connectivity index (χ0) is 8.69. The van der Waals surface area contributed by atoms with Crippen molar-refractivity contribution in [2.75, 3.05) is 13.2 Å². The third-order valence-corrected chi connectivity index (χ3v) is 1.18. The van der Waals surface area contributed by atoms with Gasteiger partial charge in [-0.2, -0.15) is 0 Å². The van der Waals surface area contributed by atoms with Crippen LogP contribution in [0.3, 0.4) is 0 Å². The van der Waals surface area contributed by atoms with E-state index in [-0.39, 0.29) is 6.10 Å². The van der Waals surface area contributed by atoms with Gasteiger partial charge in [-0.15, -0.1) is 0 Å². The van der Waals surface area contributed by atoms with Gasteiger partial charge in [0.2, 0.25) is 0 Å². The number of hydrogen-bond donors (Lipinski definition) is 2.